The van der Waals surface area contributed by atoms with Crippen molar-refractivity contribution in [1.82, 2.24) is 25.8 Å². The molecule has 2 fully saturated rings. The summed E-state index contributed by atoms with van der Waals surface area (Å²) in [5.74, 6) is -1.54. The van der Waals surface area contributed by atoms with Crippen molar-refractivity contribution in [1.29, 1.82) is 0 Å². The molecule has 5 rings (SSSR count). The fraction of sp³-hybridized carbons (Fsp3) is 0.357. The lowest BCUT2D eigenvalue weighted by Crippen LogP contribution is -2.61. The van der Waals surface area contributed by atoms with E-state index in [0.29, 0.717) is 19.4 Å². The lowest BCUT2D eigenvalue weighted by atomic mass is 10.0. The van der Waals surface area contributed by atoms with Crippen LogP contribution in [0.3, 0.4) is 0 Å². The fourth-order valence-corrected chi connectivity index (χ4v) is 5.26. The Morgan fingerprint density at radius 2 is 1.49 bits per heavy atom. The van der Waals surface area contributed by atoms with Crippen molar-refractivity contribution >= 4 is 34.5 Å². The predicted octanol–water partition coefficient (Wildman–Crippen LogP) is 1.43. The molecular formula is C28H31N5O4. The number of benzene rings is 2. The van der Waals surface area contributed by atoms with Gasteiger partial charge in [0.2, 0.25) is 23.6 Å². The van der Waals surface area contributed by atoms with Crippen LogP contribution >= 0.6 is 0 Å². The minimum Gasteiger partial charge on any atom is -0.361 e. The van der Waals surface area contributed by atoms with Gasteiger partial charge in [-0.05, 0) is 37.0 Å². The van der Waals surface area contributed by atoms with E-state index < -0.39 is 36.0 Å². The van der Waals surface area contributed by atoms with Crippen LogP contribution in [0.1, 0.15) is 30.9 Å². The van der Waals surface area contributed by atoms with E-state index in [1.54, 1.807) is 6.92 Å². The van der Waals surface area contributed by atoms with Crippen LogP contribution in [0.4, 0.5) is 0 Å². The number of amides is 4. The van der Waals surface area contributed by atoms with E-state index in [1.165, 1.54) is 4.90 Å². The fourth-order valence-electron chi connectivity index (χ4n) is 5.26. The van der Waals surface area contributed by atoms with Crippen molar-refractivity contribution in [2.24, 2.45) is 0 Å². The zero-order chi connectivity index (χ0) is 25.9. The summed E-state index contributed by atoms with van der Waals surface area (Å²) in [5.41, 5.74) is 2.67. The van der Waals surface area contributed by atoms with Crippen LogP contribution in [0, 0.1) is 0 Å². The number of fused-ring (bicyclic) bond motifs is 2. The average molecular weight is 502 g/mol. The number of aromatic nitrogens is 1. The summed E-state index contributed by atoms with van der Waals surface area (Å²) in [7, 11) is 0. The van der Waals surface area contributed by atoms with E-state index in [4.69, 9.17) is 0 Å². The summed E-state index contributed by atoms with van der Waals surface area (Å²) < 4.78 is 0. The Hall–Kier alpha value is -4.14. The minimum atomic E-state index is -0.939. The Bertz CT molecular complexity index is 1320. The Balaban J connectivity index is 1.47. The molecule has 0 bridgehead atoms. The average Bonchev–Trinajstić information content (AvgIpc) is 3.55. The van der Waals surface area contributed by atoms with Crippen molar-refractivity contribution in [3.8, 4) is 0 Å². The maximum absolute atomic E-state index is 13.6. The van der Waals surface area contributed by atoms with Crippen LogP contribution in [-0.4, -0.2) is 64.2 Å². The Labute approximate surface area is 215 Å². The van der Waals surface area contributed by atoms with Gasteiger partial charge in [-0.25, -0.2) is 0 Å². The first-order valence-corrected chi connectivity index (χ1v) is 12.7. The van der Waals surface area contributed by atoms with Gasteiger partial charge in [0.1, 0.15) is 24.2 Å². The second-order valence-corrected chi connectivity index (χ2v) is 9.80. The van der Waals surface area contributed by atoms with Gasteiger partial charge in [0.25, 0.3) is 0 Å². The van der Waals surface area contributed by atoms with Crippen LogP contribution in [-0.2, 0) is 32.0 Å². The molecule has 2 aromatic carbocycles. The summed E-state index contributed by atoms with van der Waals surface area (Å²) in [6, 6.07) is 13.8. The highest BCUT2D eigenvalue weighted by Crippen LogP contribution is 2.21. The molecule has 192 valence electrons. The summed E-state index contributed by atoms with van der Waals surface area (Å²) >= 11 is 0. The number of H-pyrrole nitrogens is 1. The molecule has 2 aliphatic heterocycles. The second-order valence-electron chi connectivity index (χ2n) is 9.80. The van der Waals surface area contributed by atoms with Gasteiger partial charge in [0.05, 0.1) is 0 Å². The van der Waals surface area contributed by atoms with Crippen molar-refractivity contribution in [3.63, 3.8) is 0 Å². The topological polar surface area (TPSA) is 123 Å². The van der Waals surface area contributed by atoms with E-state index in [0.717, 1.165) is 22.0 Å². The first-order valence-electron chi connectivity index (χ1n) is 12.7. The summed E-state index contributed by atoms with van der Waals surface area (Å²) in [6.45, 7) is 2.05. The number of rotatable bonds is 4. The van der Waals surface area contributed by atoms with Crippen molar-refractivity contribution < 1.29 is 19.2 Å². The van der Waals surface area contributed by atoms with Gasteiger partial charge >= 0.3 is 0 Å². The molecule has 1 aromatic heterocycles. The molecular weight excluding hydrogens is 470 g/mol. The second kappa shape index (κ2) is 10.5. The van der Waals surface area contributed by atoms with Crippen LogP contribution in [0.15, 0.2) is 60.8 Å². The van der Waals surface area contributed by atoms with Gasteiger partial charge in [0, 0.05) is 36.5 Å². The van der Waals surface area contributed by atoms with Crippen LogP contribution in [0.25, 0.3) is 10.9 Å². The molecule has 4 amide bonds. The van der Waals surface area contributed by atoms with Gasteiger partial charge < -0.3 is 25.8 Å². The number of nitrogens with zero attached hydrogens (tertiary/aromatic N) is 1. The number of para-hydroxylation sites is 1. The van der Waals surface area contributed by atoms with Gasteiger partial charge in [-0.3, -0.25) is 19.2 Å². The van der Waals surface area contributed by atoms with Crippen LogP contribution in [0.2, 0.25) is 0 Å². The van der Waals surface area contributed by atoms with Crippen LogP contribution < -0.4 is 16.0 Å². The molecule has 3 aromatic rings. The third-order valence-corrected chi connectivity index (χ3v) is 7.22. The van der Waals surface area contributed by atoms with E-state index in [1.807, 2.05) is 60.8 Å². The van der Waals surface area contributed by atoms with E-state index in [2.05, 4.69) is 20.9 Å². The normalized spacial score (nSPS) is 25.1. The number of carbonyl (C=O) groups is 4. The van der Waals surface area contributed by atoms with Gasteiger partial charge in [-0.2, -0.15) is 0 Å². The Kier molecular flexibility index (Phi) is 6.94. The summed E-state index contributed by atoms with van der Waals surface area (Å²) in [6.07, 6.45) is 3.51. The van der Waals surface area contributed by atoms with E-state index >= 15 is 0 Å². The molecule has 9 nitrogen and oxygen atoms in total. The zero-order valence-corrected chi connectivity index (χ0v) is 20.7. The van der Waals surface area contributed by atoms with Gasteiger partial charge in [0.15, 0.2) is 0 Å². The van der Waals surface area contributed by atoms with Crippen molar-refractivity contribution in [2.45, 2.75) is 56.8 Å². The number of carbonyl (C=O) groups excluding carboxylic acids is 4. The number of hydrogen-bond acceptors (Lipinski definition) is 4. The largest absolute Gasteiger partial charge is 0.361 e. The molecule has 2 saturated heterocycles. The maximum atomic E-state index is 13.6. The third-order valence-electron chi connectivity index (χ3n) is 7.22. The smallest absolute Gasteiger partial charge is 0.245 e. The molecule has 37 heavy (non-hydrogen) atoms. The highest BCUT2D eigenvalue weighted by Gasteiger charge is 2.39. The molecule has 2 aliphatic rings. The lowest BCUT2D eigenvalue weighted by Gasteiger charge is -2.31. The Morgan fingerprint density at radius 1 is 0.811 bits per heavy atom. The first kappa shape index (κ1) is 24.5. The molecule has 0 radical (unpaired) electrons. The lowest BCUT2D eigenvalue weighted by molar-refractivity contribution is -0.143. The van der Waals surface area contributed by atoms with Gasteiger partial charge in [-0.15, -0.1) is 0 Å². The monoisotopic (exact) mass is 501 g/mol. The standard InChI is InChI=1S/C28H31N5O4/c1-17-28(37)33-13-7-12-24(33)27(36)32-22(14-18-8-3-2-4-9-18)26(35)31-23(25(34)30-17)15-19-16-29-21-11-6-5-10-20(19)21/h2-6,8-11,16-17,22-24,29H,7,12-15H2,1H3,(H,30,34)(H,31,35)(H,32,36)/t17-,22-,23-,24-/m0/s1. The van der Waals surface area contributed by atoms with Crippen molar-refractivity contribution in [2.75, 3.05) is 6.54 Å². The molecule has 0 spiro atoms. The number of hydrogen-bond donors (Lipinski definition) is 4. The quantitative estimate of drug-likeness (QED) is 0.432. The molecule has 0 aliphatic carbocycles. The predicted molar refractivity (Wildman–Crippen MR) is 138 cm³/mol. The van der Waals surface area contributed by atoms with Crippen LogP contribution in [0.5, 0.6) is 0 Å². The highest BCUT2D eigenvalue weighted by molar-refractivity contribution is 5.98. The highest BCUT2D eigenvalue weighted by atomic mass is 16.2. The van der Waals surface area contributed by atoms with E-state index in [9.17, 15) is 19.2 Å². The third kappa shape index (κ3) is 5.21. The maximum Gasteiger partial charge on any atom is 0.245 e. The Morgan fingerprint density at radius 3 is 2.30 bits per heavy atom. The van der Waals surface area contributed by atoms with Crippen molar-refractivity contribution in [3.05, 3.63) is 71.9 Å². The SMILES string of the molecule is C[C@@H]1NC(=O)[C@H](Cc2c[nH]c3ccccc23)NC(=O)[C@H](Cc2ccccc2)NC(=O)[C@@H]2CCCN2C1=O. The molecule has 0 unspecified atom stereocenters. The van der Waals surface area contributed by atoms with E-state index in [-0.39, 0.29) is 24.7 Å². The number of nitrogens with one attached hydrogen (secondary N) is 4. The minimum absolute atomic E-state index is 0.223. The molecule has 3 heterocycles. The zero-order valence-electron chi connectivity index (χ0n) is 20.7. The molecule has 4 atom stereocenters. The number of aromatic amines is 1. The van der Waals surface area contributed by atoms with Gasteiger partial charge in [-0.1, -0.05) is 48.5 Å². The summed E-state index contributed by atoms with van der Waals surface area (Å²) in [4.78, 5) is 58.2. The first-order chi connectivity index (χ1) is 17.9. The summed E-state index contributed by atoms with van der Waals surface area (Å²) in [5, 5.41) is 9.49. The molecule has 4 N–H and O–H groups in total. The molecule has 0 saturated carbocycles. The molecule has 9 heteroatoms.